The summed E-state index contributed by atoms with van der Waals surface area (Å²) >= 11 is 6.13. The highest BCUT2D eigenvalue weighted by atomic mass is 35.5. The summed E-state index contributed by atoms with van der Waals surface area (Å²) in [6.07, 6.45) is 2.25. The molecule has 0 bridgehead atoms. The van der Waals surface area contributed by atoms with Gasteiger partial charge in [-0.15, -0.1) is 5.10 Å². The van der Waals surface area contributed by atoms with E-state index in [1.54, 1.807) is 18.2 Å². The lowest BCUT2D eigenvalue weighted by atomic mass is 10.0. The summed E-state index contributed by atoms with van der Waals surface area (Å²) in [5.41, 5.74) is 4.59. The third-order valence-corrected chi connectivity index (χ3v) is 5.19. The Hall–Kier alpha value is -3.19. The second-order valence-corrected chi connectivity index (χ2v) is 6.96. The highest BCUT2D eigenvalue weighted by Gasteiger charge is 2.26. The van der Waals surface area contributed by atoms with E-state index >= 15 is 0 Å². The molecule has 2 aromatic carbocycles. The van der Waals surface area contributed by atoms with Crippen LogP contribution >= 0.6 is 11.6 Å². The molecule has 7 nitrogen and oxygen atoms in total. The molecule has 134 valence electrons. The average Bonchev–Trinajstić information content (AvgIpc) is 3.35. The number of amides is 1. The van der Waals surface area contributed by atoms with Crippen LogP contribution < -0.4 is 0 Å². The fourth-order valence-corrected chi connectivity index (χ4v) is 3.82. The maximum absolute atomic E-state index is 13.3. The lowest BCUT2D eigenvalue weighted by Gasteiger charge is -2.28. The van der Waals surface area contributed by atoms with Gasteiger partial charge in [-0.05, 0) is 34.7 Å². The van der Waals surface area contributed by atoms with E-state index in [0.29, 0.717) is 29.4 Å². The normalized spacial score (nSPS) is 13.7. The average molecular weight is 379 g/mol. The van der Waals surface area contributed by atoms with Crippen LogP contribution in [-0.2, 0) is 13.0 Å². The van der Waals surface area contributed by atoms with Crippen molar-refractivity contribution < 1.29 is 4.79 Å². The van der Waals surface area contributed by atoms with E-state index in [1.165, 1.54) is 27.7 Å². The Morgan fingerprint density at radius 3 is 2.93 bits per heavy atom. The van der Waals surface area contributed by atoms with E-state index in [0.717, 1.165) is 11.9 Å². The van der Waals surface area contributed by atoms with Crippen molar-refractivity contribution in [2.75, 3.05) is 6.54 Å². The number of nitrogens with one attached hydrogen (secondary N) is 1. The van der Waals surface area contributed by atoms with Crippen molar-refractivity contribution in [1.29, 1.82) is 0 Å². The summed E-state index contributed by atoms with van der Waals surface area (Å²) in [5.74, 6) is -0.0619. The number of aromatic amines is 1. The largest absolute Gasteiger partial charge is 0.358 e. The van der Waals surface area contributed by atoms with Crippen molar-refractivity contribution >= 4 is 28.4 Å². The van der Waals surface area contributed by atoms with Crippen LogP contribution in [0.5, 0.6) is 0 Å². The van der Waals surface area contributed by atoms with Gasteiger partial charge in [0.15, 0.2) is 0 Å². The number of rotatable bonds is 2. The van der Waals surface area contributed by atoms with Crippen LogP contribution in [0, 0.1) is 0 Å². The third-order valence-electron chi connectivity index (χ3n) is 4.96. The summed E-state index contributed by atoms with van der Waals surface area (Å²) in [6.45, 7) is 1.21. The summed E-state index contributed by atoms with van der Waals surface area (Å²) in [5, 5.41) is 12.9. The van der Waals surface area contributed by atoms with Gasteiger partial charge in [-0.1, -0.05) is 29.8 Å². The zero-order valence-electron chi connectivity index (χ0n) is 14.3. The minimum absolute atomic E-state index is 0.0619. The molecule has 3 heterocycles. The van der Waals surface area contributed by atoms with E-state index in [4.69, 9.17) is 11.6 Å². The fraction of sp³-hybridized carbons (Fsp3) is 0.158. The van der Waals surface area contributed by atoms with Crippen molar-refractivity contribution in [3.05, 3.63) is 70.6 Å². The van der Waals surface area contributed by atoms with E-state index in [1.807, 2.05) is 17.0 Å². The number of hydrogen-bond donors (Lipinski definition) is 1. The molecule has 4 aromatic rings. The quantitative estimate of drug-likeness (QED) is 0.581. The van der Waals surface area contributed by atoms with Gasteiger partial charge in [-0.25, -0.2) is 0 Å². The molecule has 5 rings (SSSR count). The Balaban J connectivity index is 1.53. The molecule has 8 heteroatoms. The van der Waals surface area contributed by atoms with Crippen molar-refractivity contribution in [2.45, 2.75) is 13.0 Å². The second kappa shape index (κ2) is 6.21. The van der Waals surface area contributed by atoms with Crippen LogP contribution in [0.1, 0.15) is 21.6 Å². The van der Waals surface area contributed by atoms with Crippen LogP contribution in [-0.4, -0.2) is 42.5 Å². The smallest absolute Gasteiger partial charge is 0.256 e. The van der Waals surface area contributed by atoms with Crippen LogP contribution in [0.3, 0.4) is 0 Å². The standard InChI is InChI=1S/C19H15ClN6O/c20-12-5-6-14(18(9-12)26-11-21-23-24-26)19(27)25-8-7-17-15(10-25)13-3-1-2-4-16(13)22-17/h1-6,9,11,22H,7-8,10H2. The van der Waals surface area contributed by atoms with E-state index in [-0.39, 0.29) is 5.91 Å². The molecule has 1 aliphatic rings. The van der Waals surface area contributed by atoms with Crippen LogP contribution in [0.25, 0.3) is 16.6 Å². The van der Waals surface area contributed by atoms with Crippen LogP contribution in [0.4, 0.5) is 0 Å². The van der Waals surface area contributed by atoms with Crippen molar-refractivity contribution in [3.8, 4) is 5.69 Å². The predicted octanol–water partition coefficient (Wildman–Crippen LogP) is 3.00. The molecule has 0 saturated carbocycles. The zero-order chi connectivity index (χ0) is 18.4. The Bertz CT molecular complexity index is 1150. The number of H-pyrrole nitrogens is 1. The maximum Gasteiger partial charge on any atom is 0.256 e. The monoisotopic (exact) mass is 378 g/mol. The summed E-state index contributed by atoms with van der Waals surface area (Å²) < 4.78 is 1.46. The van der Waals surface area contributed by atoms with Gasteiger partial charge in [0, 0.05) is 46.7 Å². The molecule has 0 aliphatic carbocycles. The minimum Gasteiger partial charge on any atom is -0.358 e. The highest BCUT2D eigenvalue weighted by molar-refractivity contribution is 6.31. The molecule has 2 aromatic heterocycles. The lowest BCUT2D eigenvalue weighted by molar-refractivity contribution is 0.0735. The van der Waals surface area contributed by atoms with Gasteiger partial charge in [-0.3, -0.25) is 4.79 Å². The number of tetrazole rings is 1. The van der Waals surface area contributed by atoms with E-state index < -0.39 is 0 Å². The Morgan fingerprint density at radius 2 is 2.07 bits per heavy atom. The van der Waals surface area contributed by atoms with Gasteiger partial charge in [0.25, 0.3) is 5.91 Å². The molecule has 27 heavy (non-hydrogen) atoms. The third kappa shape index (κ3) is 2.67. The van der Waals surface area contributed by atoms with Crippen molar-refractivity contribution in [1.82, 2.24) is 30.1 Å². The topological polar surface area (TPSA) is 79.7 Å². The Morgan fingerprint density at radius 1 is 1.19 bits per heavy atom. The molecule has 0 unspecified atom stereocenters. The van der Waals surface area contributed by atoms with E-state index in [2.05, 4.69) is 32.6 Å². The summed E-state index contributed by atoms with van der Waals surface area (Å²) in [7, 11) is 0. The molecular formula is C19H15ClN6O. The molecule has 0 fully saturated rings. The highest BCUT2D eigenvalue weighted by Crippen LogP contribution is 2.29. The molecule has 0 spiro atoms. The summed E-state index contributed by atoms with van der Waals surface area (Å²) in [6, 6.07) is 13.3. The fourth-order valence-electron chi connectivity index (χ4n) is 3.66. The number of para-hydroxylation sites is 1. The second-order valence-electron chi connectivity index (χ2n) is 6.52. The van der Waals surface area contributed by atoms with Gasteiger partial charge < -0.3 is 9.88 Å². The number of hydrogen-bond acceptors (Lipinski definition) is 4. The molecular weight excluding hydrogens is 364 g/mol. The molecule has 1 N–H and O–H groups in total. The van der Waals surface area contributed by atoms with Gasteiger partial charge in [-0.2, -0.15) is 4.68 Å². The number of aromatic nitrogens is 5. The lowest BCUT2D eigenvalue weighted by Crippen LogP contribution is -2.36. The molecule has 1 amide bonds. The van der Waals surface area contributed by atoms with Crippen molar-refractivity contribution in [2.24, 2.45) is 0 Å². The number of fused-ring (bicyclic) bond motifs is 3. The zero-order valence-corrected chi connectivity index (χ0v) is 15.0. The predicted molar refractivity (Wildman–Crippen MR) is 101 cm³/mol. The SMILES string of the molecule is O=C(c1ccc(Cl)cc1-n1cnnn1)N1CCc2[nH]c3ccccc3c2C1. The summed E-state index contributed by atoms with van der Waals surface area (Å²) in [4.78, 5) is 18.6. The first-order valence-electron chi connectivity index (χ1n) is 8.61. The number of carbonyl (C=O) groups is 1. The van der Waals surface area contributed by atoms with Crippen molar-refractivity contribution in [3.63, 3.8) is 0 Å². The molecule has 0 saturated heterocycles. The number of carbonyl (C=O) groups excluding carboxylic acids is 1. The molecule has 0 radical (unpaired) electrons. The minimum atomic E-state index is -0.0619. The number of nitrogens with zero attached hydrogens (tertiary/aromatic N) is 5. The first kappa shape index (κ1) is 16.0. The van der Waals surface area contributed by atoms with Crippen LogP contribution in [0.2, 0.25) is 5.02 Å². The van der Waals surface area contributed by atoms with Gasteiger partial charge >= 0.3 is 0 Å². The van der Waals surface area contributed by atoms with Gasteiger partial charge in [0.2, 0.25) is 0 Å². The van der Waals surface area contributed by atoms with Gasteiger partial charge in [0.05, 0.1) is 11.3 Å². The van der Waals surface area contributed by atoms with Crippen LogP contribution in [0.15, 0.2) is 48.8 Å². The number of benzene rings is 2. The molecule has 1 aliphatic heterocycles. The Labute approximate surface area is 159 Å². The first-order chi connectivity index (χ1) is 13.2. The molecule has 0 atom stereocenters. The maximum atomic E-state index is 13.3. The van der Waals surface area contributed by atoms with E-state index in [9.17, 15) is 4.79 Å². The number of halogens is 1. The van der Waals surface area contributed by atoms with Gasteiger partial charge in [0.1, 0.15) is 6.33 Å². The Kier molecular flexibility index (Phi) is 3.68. The first-order valence-corrected chi connectivity index (χ1v) is 8.99.